The molecule has 1 aliphatic carbocycles. The van der Waals surface area contributed by atoms with Crippen molar-refractivity contribution >= 4 is 0 Å². The molecule has 0 spiro atoms. The minimum absolute atomic E-state index is 0.899. The van der Waals surface area contributed by atoms with E-state index in [1.54, 1.807) is 7.11 Å². The molecule has 0 aromatic heterocycles. The molecule has 9 heavy (non-hydrogen) atoms. The largest absolute Gasteiger partial charge is 0.384 e. The van der Waals surface area contributed by atoms with Gasteiger partial charge in [0.25, 0.3) is 0 Å². The van der Waals surface area contributed by atoms with Gasteiger partial charge in [-0.25, -0.2) is 0 Å². The van der Waals surface area contributed by atoms with Crippen molar-refractivity contribution in [2.24, 2.45) is 17.8 Å². The quantitative estimate of drug-likeness (QED) is 0.568. The second-order valence-electron chi connectivity index (χ2n) is 3.11. The molecule has 1 saturated carbocycles. The van der Waals surface area contributed by atoms with Crippen molar-refractivity contribution in [3.05, 3.63) is 0 Å². The fourth-order valence-electron chi connectivity index (χ4n) is 1.99. The molecular weight excluding hydrogens is 114 g/mol. The Balaban J connectivity index is 1.81. The summed E-state index contributed by atoms with van der Waals surface area (Å²) in [6.07, 6.45) is 0. The highest BCUT2D eigenvalue weighted by Gasteiger charge is 2.52. The standard InChI is InChI=1S/C7H13NO/c1-9-4-7-5-2-8-3-6(5)7/h5-8H,2-4H2,1H3/t5-,6+,7-. The van der Waals surface area contributed by atoms with E-state index in [0.29, 0.717) is 0 Å². The van der Waals surface area contributed by atoms with Gasteiger partial charge in [0.2, 0.25) is 0 Å². The Hall–Kier alpha value is -0.0800. The number of piperidine rings is 1. The van der Waals surface area contributed by atoms with Crippen LogP contribution in [0.25, 0.3) is 0 Å². The molecule has 1 heterocycles. The average molecular weight is 127 g/mol. The van der Waals surface area contributed by atoms with Crippen LogP contribution in [0.4, 0.5) is 0 Å². The summed E-state index contributed by atoms with van der Waals surface area (Å²) in [7, 11) is 1.79. The van der Waals surface area contributed by atoms with E-state index in [4.69, 9.17) is 4.74 Å². The maximum atomic E-state index is 5.07. The van der Waals surface area contributed by atoms with E-state index in [1.165, 1.54) is 13.1 Å². The van der Waals surface area contributed by atoms with Gasteiger partial charge in [-0.1, -0.05) is 0 Å². The van der Waals surface area contributed by atoms with Crippen molar-refractivity contribution in [1.82, 2.24) is 5.32 Å². The second kappa shape index (κ2) is 1.96. The van der Waals surface area contributed by atoms with E-state index < -0.39 is 0 Å². The highest BCUT2D eigenvalue weighted by molar-refractivity contribution is 5.03. The molecule has 0 bridgehead atoms. The molecular formula is C7H13NO. The van der Waals surface area contributed by atoms with Crippen molar-refractivity contribution in [1.29, 1.82) is 0 Å². The number of nitrogens with one attached hydrogen (secondary N) is 1. The number of rotatable bonds is 2. The average Bonchev–Trinajstić information content (AvgIpc) is 2.39. The van der Waals surface area contributed by atoms with Crippen LogP contribution in [-0.4, -0.2) is 26.8 Å². The Bertz CT molecular complexity index is 105. The van der Waals surface area contributed by atoms with Crippen LogP contribution < -0.4 is 5.32 Å². The summed E-state index contributed by atoms with van der Waals surface area (Å²) < 4.78 is 5.07. The zero-order chi connectivity index (χ0) is 6.27. The van der Waals surface area contributed by atoms with Gasteiger partial charge in [0.1, 0.15) is 0 Å². The fourth-order valence-corrected chi connectivity index (χ4v) is 1.99. The topological polar surface area (TPSA) is 21.3 Å². The first-order valence-electron chi connectivity index (χ1n) is 3.63. The fraction of sp³-hybridized carbons (Fsp3) is 1.00. The predicted molar refractivity (Wildman–Crippen MR) is 35.2 cm³/mol. The second-order valence-corrected chi connectivity index (χ2v) is 3.11. The molecule has 0 unspecified atom stereocenters. The van der Waals surface area contributed by atoms with Crippen molar-refractivity contribution in [3.63, 3.8) is 0 Å². The summed E-state index contributed by atoms with van der Waals surface area (Å²) in [4.78, 5) is 0. The molecule has 52 valence electrons. The van der Waals surface area contributed by atoms with E-state index in [2.05, 4.69) is 5.32 Å². The number of fused-ring (bicyclic) bond motifs is 1. The number of hydrogen-bond donors (Lipinski definition) is 1. The first-order valence-corrected chi connectivity index (χ1v) is 3.63. The summed E-state index contributed by atoms with van der Waals surface area (Å²) in [5.41, 5.74) is 0. The third-order valence-corrected chi connectivity index (χ3v) is 2.63. The molecule has 2 nitrogen and oxygen atoms in total. The maximum absolute atomic E-state index is 5.07. The zero-order valence-corrected chi connectivity index (χ0v) is 5.76. The highest BCUT2D eigenvalue weighted by Crippen LogP contribution is 2.48. The number of methoxy groups -OCH3 is 1. The van der Waals surface area contributed by atoms with E-state index in [9.17, 15) is 0 Å². The summed E-state index contributed by atoms with van der Waals surface area (Å²) in [5.74, 6) is 2.83. The minimum Gasteiger partial charge on any atom is -0.384 e. The summed E-state index contributed by atoms with van der Waals surface area (Å²) in [6, 6.07) is 0. The molecule has 1 saturated heterocycles. The summed E-state index contributed by atoms with van der Waals surface area (Å²) >= 11 is 0. The lowest BCUT2D eigenvalue weighted by atomic mass is 10.3. The van der Waals surface area contributed by atoms with Gasteiger partial charge in [-0.15, -0.1) is 0 Å². The van der Waals surface area contributed by atoms with Gasteiger partial charge < -0.3 is 10.1 Å². The predicted octanol–water partition coefficient (Wildman–Crippen LogP) is 0.0982. The van der Waals surface area contributed by atoms with Crippen molar-refractivity contribution in [2.75, 3.05) is 26.8 Å². The minimum atomic E-state index is 0.899. The van der Waals surface area contributed by atoms with E-state index in [0.717, 1.165) is 24.4 Å². The van der Waals surface area contributed by atoms with Crippen molar-refractivity contribution in [2.45, 2.75) is 0 Å². The molecule has 0 radical (unpaired) electrons. The Morgan fingerprint density at radius 1 is 1.44 bits per heavy atom. The van der Waals surface area contributed by atoms with Crippen LogP contribution in [0.2, 0.25) is 0 Å². The lowest BCUT2D eigenvalue weighted by molar-refractivity contribution is 0.175. The van der Waals surface area contributed by atoms with Gasteiger partial charge in [-0.05, 0) is 30.8 Å². The van der Waals surface area contributed by atoms with Crippen molar-refractivity contribution in [3.8, 4) is 0 Å². The lowest BCUT2D eigenvalue weighted by Gasteiger charge is -2.00. The van der Waals surface area contributed by atoms with Crippen LogP contribution in [0.3, 0.4) is 0 Å². The van der Waals surface area contributed by atoms with Crippen LogP contribution >= 0.6 is 0 Å². The Morgan fingerprint density at radius 3 is 2.67 bits per heavy atom. The molecule has 3 atom stereocenters. The Labute approximate surface area is 55.6 Å². The smallest absolute Gasteiger partial charge is 0.0496 e. The third kappa shape index (κ3) is 0.775. The summed E-state index contributed by atoms with van der Waals surface area (Å²) in [6.45, 7) is 3.45. The van der Waals surface area contributed by atoms with Gasteiger partial charge in [-0.3, -0.25) is 0 Å². The van der Waals surface area contributed by atoms with Crippen LogP contribution in [0, 0.1) is 17.8 Å². The Kier molecular flexibility index (Phi) is 1.24. The molecule has 1 aliphatic heterocycles. The first kappa shape index (κ1) is 5.69. The van der Waals surface area contributed by atoms with Crippen LogP contribution in [0.1, 0.15) is 0 Å². The van der Waals surface area contributed by atoms with E-state index in [1.807, 2.05) is 0 Å². The first-order chi connectivity index (χ1) is 4.43. The van der Waals surface area contributed by atoms with Gasteiger partial charge in [0.05, 0.1) is 0 Å². The zero-order valence-electron chi connectivity index (χ0n) is 5.76. The van der Waals surface area contributed by atoms with Gasteiger partial charge in [0, 0.05) is 13.7 Å². The van der Waals surface area contributed by atoms with Crippen molar-refractivity contribution < 1.29 is 4.74 Å². The summed E-state index contributed by atoms with van der Waals surface area (Å²) in [5, 5.41) is 3.35. The van der Waals surface area contributed by atoms with Gasteiger partial charge in [0.15, 0.2) is 0 Å². The third-order valence-electron chi connectivity index (χ3n) is 2.63. The van der Waals surface area contributed by atoms with Crippen LogP contribution in [0.5, 0.6) is 0 Å². The molecule has 1 N–H and O–H groups in total. The maximum Gasteiger partial charge on any atom is 0.0496 e. The van der Waals surface area contributed by atoms with E-state index in [-0.39, 0.29) is 0 Å². The Morgan fingerprint density at radius 2 is 2.11 bits per heavy atom. The molecule has 2 heteroatoms. The molecule has 2 rings (SSSR count). The molecule has 0 amide bonds. The number of ether oxygens (including phenoxy) is 1. The van der Waals surface area contributed by atoms with Gasteiger partial charge >= 0.3 is 0 Å². The molecule has 2 fully saturated rings. The van der Waals surface area contributed by atoms with Gasteiger partial charge in [-0.2, -0.15) is 0 Å². The molecule has 0 aromatic carbocycles. The normalized spacial score (nSPS) is 47.0. The van der Waals surface area contributed by atoms with Crippen LogP contribution in [-0.2, 0) is 4.74 Å². The SMILES string of the molecule is COC[C@@H]1[C@@H]2CNC[C@@H]21. The molecule has 2 aliphatic rings. The van der Waals surface area contributed by atoms with E-state index >= 15 is 0 Å². The highest BCUT2D eigenvalue weighted by atomic mass is 16.5. The number of hydrogen-bond acceptors (Lipinski definition) is 2. The lowest BCUT2D eigenvalue weighted by Crippen LogP contribution is -2.16. The molecule has 0 aromatic rings. The monoisotopic (exact) mass is 127 g/mol. The van der Waals surface area contributed by atoms with Crippen LogP contribution in [0.15, 0.2) is 0 Å².